The summed E-state index contributed by atoms with van der Waals surface area (Å²) in [7, 11) is -9.94. The molecule has 0 spiro atoms. The first kappa shape index (κ1) is 96.8. The maximum absolute atomic E-state index is 13.1. The summed E-state index contributed by atoms with van der Waals surface area (Å²) in [6.07, 6.45) is 73.3. The highest BCUT2D eigenvalue weighted by molar-refractivity contribution is 7.47. The minimum Gasteiger partial charge on any atom is -0.462 e. The molecule has 584 valence electrons. The molecule has 5 unspecified atom stereocenters. The van der Waals surface area contributed by atoms with Gasteiger partial charge in [-0.2, -0.15) is 0 Å². The van der Waals surface area contributed by atoms with Gasteiger partial charge in [0.2, 0.25) is 0 Å². The summed E-state index contributed by atoms with van der Waals surface area (Å²) in [6.45, 7) is 4.83. The second-order valence-electron chi connectivity index (χ2n) is 27.4. The lowest BCUT2D eigenvalue weighted by Crippen LogP contribution is -2.30. The molecule has 0 fully saturated rings. The van der Waals surface area contributed by atoms with Gasteiger partial charge in [0, 0.05) is 25.7 Å². The molecular weight excluding hydrogens is 1310 g/mol. The van der Waals surface area contributed by atoms with E-state index >= 15 is 0 Å². The number of carbonyl (C=O) groups excluding carboxylic acids is 4. The molecule has 0 aliphatic rings. The van der Waals surface area contributed by atoms with Crippen LogP contribution < -0.4 is 0 Å². The minimum atomic E-state index is -4.97. The van der Waals surface area contributed by atoms with Crippen LogP contribution in [0, 0.1) is 0 Å². The van der Waals surface area contributed by atoms with E-state index < -0.39 is 97.5 Å². The highest BCUT2D eigenvalue weighted by Gasteiger charge is 2.30. The van der Waals surface area contributed by atoms with Crippen LogP contribution in [0.15, 0.2) is 60.8 Å². The Balaban J connectivity index is 5.30. The fourth-order valence-electron chi connectivity index (χ4n) is 11.3. The standard InChI is InChI=1S/C81H148O17P2/c1-5-9-13-17-21-25-29-33-35-36-37-38-40-44-46-50-54-58-62-66-79(84)92-72-77(98-81(86)68-64-60-56-52-48-42-32-28-24-20-16-12-8-4)74-96-100(89,90)94-70-75(82)69-93-99(87,88)95-73-76(97-80(85)67-63-59-55-51-47-41-31-27-23-19-15-11-7-3)71-91-78(83)65-61-57-53-49-45-43-39-34-30-26-22-18-14-10-6-2/h15,19,21,25,27,31,33,35,37-38,75-77,82H,5-14,16-18,20,22-24,26,28-30,32,34,36,39-74H2,1-4H3,(H,87,88)(H,89,90)/b19-15-,25-21-,31-27-,35-33-,38-37-. The van der Waals surface area contributed by atoms with Crippen molar-refractivity contribution in [1.29, 1.82) is 0 Å². The third kappa shape index (κ3) is 73.1. The quantitative estimate of drug-likeness (QED) is 0.0169. The number of hydrogen-bond acceptors (Lipinski definition) is 15. The molecule has 0 radical (unpaired) electrons. The Bertz CT molecular complexity index is 2130. The van der Waals surface area contributed by atoms with Crippen LogP contribution in [0.5, 0.6) is 0 Å². The number of allylic oxidation sites excluding steroid dienone is 10. The Kier molecular flexibility index (Phi) is 71.6. The monoisotopic (exact) mass is 1460 g/mol. The zero-order valence-corrected chi connectivity index (χ0v) is 65.7. The average molecular weight is 1460 g/mol. The van der Waals surface area contributed by atoms with Gasteiger partial charge in [-0.05, 0) is 89.9 Å². The van der Waals surface area contributed by atoms with E-state index in [1.165, 1.54) is 141 Å². The number of aliphatic hydroxyl groups is 1. The van der Waals surface area contributed by atoms with E-state index in [2.05, 4.69) is 88.5 Å². The molecule has 5 atom stereocenters. The number of phosphoric acid groups is 2. The van der Waals surface area contributed by atoms with Crippen molar-refractivity contribution in [3.63, 3.8) is 0 Å². The van der Waals surface area contributed by atoms with Crippen molar-refractivity contribution < 1.29 is 80.2 Å². The predicted molar refractivity (Wildman–Crippen MR) is 409 cm³/mol. The molecular formula is C81H148O17P2. The number of ether oxygens (including phenoxy) is 4. The Morgan fingerprint density at radius 3 is 0.810 bits per heavy atom. The molecule has 0 amide bonds. The highest BCUT2D eigenvalue weighted by Crippen LogP contribution is 2.45. The Morgan fingerprint density at radius 2 is 0.510 bits per heavy atom. The highest BCUT2D eigenvalue weighted by atomic mass is 31.2. The van der Waals surface area contributed by atoms with Crippen LogP contribution in [0.2, 0.25) is 0 Å². The molecule has 0 bridgehead atoms. The molecule has 3 N–H and O–H groups in total. The van der Waals surface area contributed by atoms with Crippen LogP contribution in [-0.4, -0.2) is 96.7 Å². The van der Waals surface area contributed by atoms with Gasteiger partial charge in [-0.3, -0.25) is 37.3 Å². The van der Waals surface area contributed by atoms with Crippen molar-refractivity contribution in [2.75, 3.05) is 39.6 Å². The van der Waals surface area contributed by atoms with Crippen LogP contribution in [-0.2, 0) is 65.4 Å². The summed E-state index contributed by atoms with van der Waals surface area (Å²) >= 11 is 0. The van der Waals surface area contributed by atoms with Gasteiger partial charge in [0.05, 0.1) is 26.4 Å². The SMILES string of the molecule is CCC/C=C\C/C=C\CCCCCCCC(=O)OC(COC(=O)CCCCCCCCCCCCCCCCC)COP(=O)(O)OCC(O)COP(=O)(O)OCC(COC(=O)CCCCCCCC/C=C\C/C=C\C/C=C\CCCCC)OC(=O)CCCCCCCCCCCCCCC. The number of unbranched alkanes of at least 4 members (excludes halogenated alkanes) is 41. The van der Waals surface area contributed by atoms with Crippen molar-refractivity contribution in [3.05, 3.63) is 60.8 Å². The van der Waals surface area contributed by atoms with Gasteiger partial charge in [-0.15, -0.1) is 0 Å². The smallest absolute Gasteiger partial charge is 0.462 e. The van der Waals surface area contributed by atoms with Gasteiger partial charge in [0.25, 0.3) is 0 Å². The molecule has 0 aliphatic heterocycles. The maximum Gasteiger partial charge on any atom is 0.472 e. The first-order valence-electron chi connectivity index (χ1n) is 40.5. The fraction of sp³-hybridized carbons (Fsp3) is 0.827. The molecule has 17 nitrogen and oxygen atoms in total. The number of carbonyl (C=O) groups is 4. The van der Waals surface area contributed by atoms with Crippen molar-refractivity contribution in [3.8, 4) is 0 Å². The van der Waals surface area contributed by atoms with Crippen molar-refractivity contribution in [1.82, 2.24) is 0 Å². The summed E-state index contributed by atoms with van der Waals surface area (Å²) in [5.74, 6) is -2.17. The van der Waals surface area contributed by atoms with Crippen LogP contribution in [0.3, 0.4) is 0 Å². The molecule has 0 aromatic rings. The zero-order chi connectivity index (χ0) is 73.2. The third-order valence-corrected chi connectivity index (χ3v) is 19.4. The lowest BCUT2D eigenvalue weighted by atomic mass is 10.0. The normalized spacial score (nSPS) is 14.2. The first-order valence-corrected chi connectivity index (χ1v) is 43.5. The largest absolute Gasteiger partial charge is 0.472 e. The third-order valence-electron chi connectivity index (χ3n) is 17.5. The van der Waals surface area contributed by atoms with Crippen LogP contribution in [0.1, 0.15) is 374 Å². The Hall–Kier alpha value is -3.24. The molecule has 0 heterocycles. The minimum absolute atomic E-state index is 0.0842. The van der Waals surface area contributed by atoms with Gasteiger partial charge in [-0.25, -0.2) is 9.13 Å². The second-order valence-corrected chi connectivity index (χ2v) is 30.3. The zero-order valence-electron chi connectivity index (χ0n) is 63.9. The average Bonchev–Trinajstić information content (AvgIpc) is 0.929. The van der Waals surface area contributed by atoms with Crippen LogP contribution in [0.25, 0.3) is 0 Å². The lowest BCUT2D eigenvalue weighted by molar-refractivity contribution is -0.161. The molecule has 0 aromatic carbocycles. The maximum atomic E-state index is 13.1. The molecule has 0 saturated carbocycles. The topological polar surface area (TPSA) is 237 Å². The summed E-state index contributed by atoms with van der Waals surface area (Å²) < 4.78 is 68.6. The van der Waals surface area contributed by atoms with E-state index in [0.717, 1.165) is 154 Å². The number of hydrogen-bond donors (Lipinski definition) is 3. The number of rotatable bonds is 77. The van der Waals surface area contributed by atoms with Gasteiger partial charge in [0.1, 0.15) is 19.3 Å². The van der Waals surface area contributed by atoms with E-state index in [9.17, 15) is 43.2 Å². The summed E-state index contributed by atoms with van der Waals surface area (Å²) in [5, 5.41) is 10.6. The van der Waals surface area contributed by atoms with E-state index in [4.69, 9.17) is 37.0 Å². The molecule has 0 aromatic heterocycles. The van der Waals surface area contributed by atoms with Crippen LogP contribution >= 0.6 is 15.6 Å². The molecule has 19 heteroatoms. The van der Waals surface area contributed by atoms with E-state index in [-0.39, 0.29) is 25.7 Å². The summed E-state index contributed by atoms with van der Waals surface area (Å²) in [5.41, 5.74) is 0. The van der Waals surface area contributed by atoms with Crippen molar-refractivity contribution in [2.24, 2.45) is 0 Å². The van der Waals surface area contributed by atoms with E-state index in [0.29, 0.717) is 25.7 Å². The van der Waals surface area contributed by atoms with Gasteiger partial charge in [0.15, 0.2) is 12.2 Å². The van der Waals surface area contributed by atoms with E-state index in [1.54, 1.807) is 0 Å². The summed E-state index contributed by atoms with van der Waals surface area (Å²) in [4.78, 5) is 73.0. The van der Waals surface area contributed by atoms with E-state index in [1.807, 2.05) is 0 Å². The molecule has 0 aliphatic carbocycles. The van der Waals surface area contributed by atoms with Crippen molar-refractivity contribution in [2.45, 2.75) is 393 Å². The first-order chi connectivity index (χ1) is 48.7. The van der Waals surface area contributed by atoms with Gasteiger partial charge < -0.3 is 33.8 Å². The van der Waals surface area contributed by atoms with Gasteiger partial charge >= 0.3 is 39.5 Å². The molecule has 100 heavy (non-hydrogen) atoms. The lowest BCUT2D eigenvalue weighted by Gasteiger charge is -2.21. The Labute approximate surface area is 610 Å². The number of phosphoric ester groups is 2. The number of aliphatic hydroxyl groups excluding tert-OH is 1. The molecule has 0 saturated heterocycles. The number of esters is 4. The fourth-order valence-corrected chi connectivity index (χ4v) is 12.8. The molecule has 0 rings (SSSR count). The van der Waals surface area contributed by atoms with Crippen LogP contribution in [0.4, 0.5) is 0 Å². The van der Waals surface area contributed by atoms with Gasteiger partial charge in [-0.1, -0.05) is 320 Å². The summed E-state index contributed by atoms with van der Waals surface area (Å²) in [6, 6.07) is 0. The second kappa shape index (κ2) is 74.0. The Morgan fingerprint density at radius 1 is 0.280 bits per heavy atom. The van der Waals surface area contributed by atoms with Crippen molar-refractivity contribution >= 4 is 39.5 Å². The predicted octanol–water partition coefficient (Wildman–Crippen LogP) is 23.5.